The van der Waals surface area contributed by atoms with Gasteiger partial charge in [-0.25, -0.2) is 0 Å². The van der Waals surface area contributed by atoms with Crippen LogP contribution in [0.2, 0.25) is 0 Å². The molecule has 0 amide bonds. The Hall–Kier alpha value is -0.610. The molecule has 0 saturated carbocycles. The van der Waals surface area contributed by atoms with Gasteiger partial charge in [-0.05, 0) is 66.1 Å². The molecule has 0 fully saturated rings. The second-order valence-electron chi connectivity index (χ2n) is 7.28. The lowest BCUT2D eigenvalue weighted by Gasteiger charge is -2.35. The Labute approximate surface area is 131 Å². The lowest BCUT2D eigenvalue weighted by Crippen LogP contribution is -2.48. The van der Waals surface area contributed by atoms with Crippen LogP contribution in [0.25, 0.3) is 0 Å². The predicted octanol–water partition coefficient (Wildman–Crippen LogP) is 3.06. The van der Waals surface area contributed by atoms with Gasteiger partial charge in [0.25, 0.3) is 0 Å². The number of nitrogens with zero attached hydrogens (tertiary/aromatic N) is 1. The summed E-state index contributed by atoms with van der Waals surface area (Å²) >= 11 is 0. The van der Waals surface area contributed by atoms with Gasteiger partial charge in [0.05, 0.1) is 6.61 Å². The van der Waals surface area contributed by atoms with E-state index >= 15 is 0 Å². The van der Waals surface area contributed by atoms with Crippen molar-refractivity contribution >= 4 is 5.97 Å². The van der Waals surface area contributed by atoms with E-state index in [4.69, 9.17) is 4.74 Å². The molecule has 0 saturated heterocycles. The molecule has 0 aliphatic rings. The van der Waals surface area contributed by atoms with Crippen LogP contribution in [0.5, 0.6) is 0 Å². The van der Waals surface area contributed by atoms with Crippen LogP contribution in [-0.2, 0) is 9.53 Å². The largest absolute Gasteiger partial charge is 0.465 e. The minimum atomic E-state index is -0.565. The molecule has 0 aliphatic carbocycles. The molecule has 2 atom stereocenters. The molecule has 126 valence electrons. The van der Waals surface area contributed by atoms with Crippen LogP contribution in [0, 0.1) is 5.41 Å². The van der Waals surface area contributed by atoms with Gasteiger partial charge in [0, 0.05) is 6.04 Å². The summed E-state index contributed by atoms with van der Waals surface area (Å²) in [6, 6.07) is 0.540. The first-order chi connectivity index (χ1) is 9.58. The summed E-state index contributed by atoms with van der Waals surface area (Å²) in [5.74, 6) is -0.149. The number of hydrogen-bond acceptors (Lipinski definition) is 4. The molecule has 1 N–H and O–H groups in total. The summed E-state index contributed by atoms with van der Waals surface area (Å²) in [7, 11) is 4.00. The van der Waals surface area contributed by atoms with E-state index in [9.17, 15) is 4.79 Å². The smallest absolute Gasteiger partial charge is 0.326 e. The Morgan fingerprint density at radius 3 is 2.24 bits per heavy atom. The van der Waals surface area contributed by atoms with Crippen molar-refractivity contribution in [2.75, 3.05) is 27.2 Å². The Morgan fingerprint density at radius 2 is 1.81 bits per heavy atom. The van der Waals surface area contributed by atoms with Crippen molar-refractivity contribution in [1.29, 1.82) is 0 Å². The Morgan fingerprint density at radius 1 is 1.24 bits per heavy atom. The first-order valence-electron chi connectivity index (χ1n) is 8.15. The van der Waals surface area contributed by atoms with Crippen LogP contribution in [0.15, 0.2) is 0 Å². The standard InChI is InChI=1S/C17H36N2O2/c1-9-21-15(20)17(6,18-7)12-10-11-13-19(8)14(2)16(3,4)5/h14,18H,9-13H2,1-8H3. The van der Waals surface area contributed by atoms with E-state index in [0.717, 1.165) is 25.8 Å². The Balaban J connectivity index is 4.21. The van der Waals surface area contributed by atoms with E-state index in [1.54, 1.807) is 0 Å². The van der Waals surface area contributed by atoms with Gasteiger partial charge in [-0.15, -0.1) is 0 Å². The number of nitrogens with one attached hydrogen (secondary N) is 1. The van der Waals surface area contributed by atoms with Gasteiger partial charge in [-0.1, -0.05) is 20.8 Å². The lowest BCUT2D eigenvalue weighted by atomic mass is 9.87. The summed E-state index contributed by atoms with van der Waals surface area (Å²) in [5, 5.41) is 3.11. The minimum Gasteiger partial charge on any atom is -0.465 e. The average molecular weight is 300 g/mol. The first kappa shape index (κ1) is 20.4. The number of carbonyl (C=O) groups excluding carboxylic acids is 1. The molecular weight excluding hydrogens is 264 g/mol. The van der Waals surface area contributed by atoms with Crippen molar-refractivity contribution < 1.29 is 9.53 Å². The third-order valence-electron chi connectivity index (χ3n) is 4.63. The van der Waals surface area contributed by atoms with Crippen molar-refractivity contribution in [3.05, 3.63) is 0 Å². The van der Waals surface area contributed by atoms with Crippen LogP contribution in [-0.4, -0.2) is 49.7 Å². The SMILES string of the molecule is CCOC(=O)C(C)(CCCCN(C)C(C)C(C)(C)C)NC. The maximum absolute atomic E-state index is 12.0. The first-order valence-corrected chi connectivity index (χ1v) is 8.15. The molecule has 4 nitrogen and oxygen atoms in total. The van der Waals surface area contributed by atoms with Gasteiger partial charge in [-0.2, -0.15) is 0 Å². The van der Waals surface area contributed by atoms with Gasteiger partial charge in [-0.3, -0.25) is 4.79 Å². The van der Waals surface area contributed by atoms with Gasteiger partial charge >= 0.3 is 5.97 Å². The topological polar surface area (TPSA) is 41.6 Å². The van der Waals surface area contributed by atoms with Crippen LogP contribution in [0.1, 0.15) is 60.8 Å². The maximum atomic E-state index is 12.0. The second-order valence-corrected chi connectivity index (χ2v) is 7.28. The molecular formula is C17H36N2O2. The fourth-order valence-corrected chi connectivity index (χ4v) is 2.31. The lowest BCUT2D eigenvalue weighted by molar-refractivity contribution is -0.150. The quantitative estimate of drug-likeness (QED) is 0.525. The van der Waals surface area contributed by atoms with Gasteiger partial charge in [0.1, 0.15) is 5.54 Å². The number of likely N-dealkylation sites (N-methyl/N-ethyl adjacent to an activating group) is 1. The summed E-state index contributed by atoms with van der Waals surface area (Å²) in [6.07, 6.45) is 2.91. The van der Waals surface area contributed by atoms with Gasteiger partial charge in [0.2, 0.25) is 0 Å². The van der Waals surface area contributed by atoms with Crippen molar-refractivity contribution in [2.45, 2.75) is 72.4 Å². The molecule has 0 rings (SSSR count). The molecule has 0 aromatic rings. The third-order valence-corrected chi connectivity index (χ3v) is 4.63. The van der Waals surface area contributed by atoms with E-state index in [2.05, 4.69) is 45.0 Å². The molecule has 4 heteroatoms. The molecule has 2 unspecified atom stereocenters. The van der Waals surface area contributed by atoms with Crippen molar-refractivity contribution in [2.24, 2.45) is 5.41 Å². The molecule has 0 bridgehead atoms. The zero-order chi connectivity index (χ0) is 16.7. The van der Waals surface area contributed by atoms with Crippen LogP contribution in [0.3, 0.4) is 0 Å². The molecule has 0 spiro atoms. The number of ether oxygens (including phenoxy) is 1. The Bertz CT molecular complexity index is 312. The molecule has 0 aromatic heterocycles. The van der Waals surface area contributed by atoms with E-state index in [-0.39, 0.29) is 5.97 Å². The van der Waals surface area contributed by atoms with Crippen molar-refractivity contribution in [3.63, 3.8) is 0 Å². The number of unbranched alkanes of at least 4 members (excludes halogenated alkanes) is 1. The highest BCUT2D eigenvalue weighted by molar-refractivity contribution is 5.80. The highest BCUT2D eigenvalue weighted by atomic mass is 16.5. The summed E-state index contributed by atoms with van der Waals surface area (Å²) in [5.41, 5.74) is -0.274. The number of carbonyl (C=O) groups is 1. The zero-order valence-corrected chi connectivity index (χ0v) is 15.4. The predicted molar refractivity (Wildman–Crippen MR) is 89.5 cm³/mol. The van der Waals surface area contributed by atoms with E-state index in [1.807, 2.05) is 20.9 Å². The third kappa shape index (κ3) is 6.79. The highest BCUT2D eigenvalue weighted by Crippen LogP contribution is 2.23. The van der Waals surface area contributed by atoms with E-state index in [0.29, 0.717) is 18.1 Å². The van der Waals surface area contributed by atoms with Crippen LogP contribution < -0.4 is 5.32 Å². The molecule has 0 aromatic carbocycles. The van der Waals surface area contributed by atoms with Crippen molar-refractivity contribution in [3.8, 4) is 0 Å². The molecule has 0 radical (unpaired) electrons. The fourth-order valence-electron chi connectivity index (χ4n) is 2.31. The van der Waals surface area contributed by atoms with E-state index < -0.39 is 5.54 Å². The van der Waals surface area contributed by atoms with E-state index in [1.165, 1.54) is 0 Å². The van der Waals surface area contributed by atoms with Crippen LogP contribution in [0.4, 0.5) is 0 Å². The molecule has 0 heterocycles. The zero-order valence-electron chi connectivity index (χ0n) is 15.4. The van der Waals surface area contributed by atoms with Gasteiger partial charge in [0.15, 0.2) is 0 Å². The summed E-state index contributed by atoms with van der Waals surface area (Å²) in [6.45, 7) is 14.3. The van der Waals surface area contributed by atoms with Gasteiger partial charge < -0.3 is 15.0 Å². The maximum Gasteiger partial charge on any atom is 0.326 e. The molecule has 21 heavy (non-hydrogen) atoms. The molecule has 0 aliphatic heterocycles. The second kappa shape index (κ2) is 8.74. The number of rotatable bonds is 9. The van der Waals surface area contributed by atoms with Crippen LogP contribution >= 0.6 is 0 Å². The Kier molecular flexibility index (Phi) is 8.49. The monoisotopic (exact) mass is 300 g/mol. The average Bonchev–Trinajstić information content (AvgIpc) is 2.41. The highest BCUT2D eigenvalue weighted by Gasteiger charge is 2.32. The fraction of sp³-hybridized carbons (Fsp3) is 0.941. The normalized spacial score (nSPS) is 16.6. The summed E-state index contributed by atoms with van der Waals surface area (Å²) in [4.78, 5) is 14.4. The summed E-state index contributed by atoms with van der Waals surface area (Å²) < 4.78 is 5.15. The minimum absolute atomic E-state index is 0.149. The van der Waals surface area contributed by atoms with Crippen molar-refractivity contribution in [1.82, 2.24) is 10.2 Å². The number of esters is 1. The number of hydrogen-bond donors (Lipinski definition) is 1.